The molecule has 0 heterocycles. The number of nitriles is 1. The van der Waals surface area contributed by atoms with Gasteiger partial charge >= 0.3 is 5.97 Å². The summed E-state index contributed by atoms with van der Waals surface area (Å²) in [6.45, 7) is 6.65. The van der Waals surface area contributed by atoms with Gasteiger partial charge in [0, 0.05) is 0 Å². The maximum absolute atomic E-state index is 12.8. The van der Waals surface area contributed by atoms with Crippen LogP contribution >= 0.6 is 0 Å². The van der Waals surface area contributed by atoms with Crippen LogP contribution in [0.3, 0.4) is 0 Å². The van der Waals surface area contributed by atoms with Crippen molar-refractivity contribution in [2.24, 2.45) is 5.92 Å². The summed E-state index contributed by atoms with van der Waals surface area (Å²) < 4.78 is 5.62. The number of rotatable bonds is 13. The van der Waals surface area contributed by atoms with Crippen LogP contribution < -0.4 is 4.74 Å². The Morgan fingerprint density at radius 2 is 1.47 bits per heavy atom. The highest BCUT2D eigenvalue weighted by atomic mass is 16.5. The van der Waals surface area contributed by atoms with Crippen molar-refractivity contribution in [1.29, 1.82) is 5.26 Å². The number of unbranched alkanes of at least 4 members (excludes halogenated alkanes) is 3. The zero-order valence-corrected chi connectivity index (χ0v) is 22.1. The number of carbonyl (C=O) groups is 1. The van der Waals surface area contributed by atoms with E-state index in [2.05, 4.69) is 51.1 Å². The average molecular weight is 482 g/mol. The Balaban J connectivity index is 1.64. The first-order valence-electron chi connectivity index (χ1n) is 13.5. The van der Waals surface area contributed by atoms with Gasteiger partial charge in [-0.1, -0.05) is 102 Å². The summed E-state index contributed by atoms with van der Waals surface area (Å²) in [5, 5.41) is 9.66. The van der Waals surface area contributed by atoms with E-state index in [1.165, 1.54) is 44.1 Å². The summed E-state index contributed by atoms with van der Waals surface area (Å²) in [6, 6.07) is 23.9. The third-order valence-electron chi connectivity index (χ3n) is 6.91. The van der Waals surface area contributed by atoms with E-state index in [0.29, 0.717) is 22.8 Å². The molecule has 3 aromatic carbocycles. The van der Waals surface area contributed by atoms with Crippen LogP contribution in [-0.2, 0) is 12.8 Å². The van der Waals surface area contributed by atoms with Crippen LogP contribution in [0.15, 0.2) is 66.7 Å². The molecule has 0 N–H and O–H groups in total. The lowest BCUT2D eigenvalue weighted by Crippen LogP contribution is -2.10. The molecule has 3 nitrogen and oxygen atoms in total. The fourth-order valence-electron chi connectivity index (χ4n) is 4.56. The molecule has 36 heavy (non-hydrogen) atoms. The fourth-order valence-corrected chi connectivity index (χ4v) is 4.56. The maximum Gasteiger partial charge on any atom is 0.343 e. The molecule has 3 rings (SSSR count). The Morgan fingerprint density at radius 3 is 2.08 bits per heavy atom. The minimum atomic E-state index is -0.452. The van der Waals surface area contributed by atoms with Gasteiger partial charge in [0.2, 0.25) is 0 Å². The Morgan fingerprint density at radius 1 is 0.833 bits per heavy atom. The molecule has 3 heteroatoms. The predicted molar refractivity (Wildman–Crippen MR) is 148 cm³/mol. The zero-order valence-electron chi connectivity index (χ0n) is 22.1. The highest BCUT2D eigenvalue weighted by Gasteiger charge is 2.14. The van der Waals surface area contributed by atoms with Gasteiger partial charge < -0.3 is 4.74 Å². The molecule has 188 valence electrons. The molecule has 0 saturated carbocycles. The van der Waals surface area contributed by atoms with Crippen LogP contribution in [0.5, 0.6) is 5.75 Å². The number of nitrogens with zero attached hydrogens (tertiary/aromatic N) is 1. The van der Waals surface area contributed by atoms with Crippen LogP contribution in [0.2, 0.25) is 0 Å². The van der Waals surface area contributed by atoms with Crippen molar-refractivity contribution in [2.45, 2.75) is 78.6 Å². The predicted octanol–water partition coefficient (Wildman–Crippen LogP) is 8.94. The molecule has 0 fully saturated rings. The third-order valence-corrected chi connectivity index (χ3v) is 6.91. The molecule has 0 amide bonds. The van der Waals surface area contributed by atoms with E-state index >= 15 is 0 Å². The molecule has 0 aromatic heterocycles. The Labute approximate surface area is 217 Å². The Hall–Kier alpha value is -3.38. The molecule has 1 unspecified atom stereocenters. The van der Waals surface area contributed by atoms with Gasteiger partial charge in [0.05, 0.1) is 11.1 Å². The molecule has 0 saturated heterocycles. The highest BCUT2D eigenvalue weighted by Crippen LogP contribution is 2.26. The van der Waals surface area contributed by atoms with E-state index in [4.69, 9.17) is 4.74 Å². The second-order valence-electron chi connectivity index (χ2n) is 9.68. The largest absolute Gasteiger partial charge is 0.422 e. The maximum atomic E-state index is 12.8. The number of benzene rings is 3. The number of carbonyl (C=O) groups excluding carboxylic acids is 1. The Kier molecular flexibility index (Phi) is 10.8. The number of hydrogen-bond donors (Lipinski definition) is 0. The van der Waals surface area contributed by atoms with Gasteiger partial charge in [-0.05, 0) is 71.7 Å². The lowest BCUT2D eigenvalue weighted by Gasteiger charge is -2.15. The Bertz CT molecular complexity index is 1140. The van der Waals surface area contributed by atoms with Crippen LogP contribution in [0.4, 0.5) is 0 Å². The lowest BCUT2D eigenvalue weighted by molar-refractivity contribution is 0.0734. The van der Waals surface area contributed by atoms with E-state index in [-0.39, 0.29) is 0 Å². The molecule has 0 spiro atoms. The number of aryl methyl sites for hydroxylation is 1. The molecule has 1 atom stereocenters. The van der Waals surface area contributed by atoms with Gasteiger partial charge in [0.1, 0.15) is 11.8 Å². The molecule has 0 radical (unpaired) electrons. The first-order valence-corrected chi connectivity index (χ1v) is 13.5. The minimum absolute atomic E-state index is 0.315. The minimum Gasteiger partial charge on any atom is -0.422 e. The first kappa shape index (κ1) is 27.2. The topological polar surface area (TPSA) is 50.1 Å². The molecule has 0 bridgehead atoms. The van der Waals surface area contributed by atoms with E-state index in [1.807, 2.05) is 24.3 Å². The van der Waals surface area contributed by atoms with Gasteiger partial charge in [-0.3, -0.25) is 0 Å². The first-order chi connectivity index (χ1) is 17.6. The second-order valence-corrected chi connectivity index (χ2v) is 9.68. The number of ether oxygens (including phenoxy) is 1. The standard InChI is InChI=1S/C33H39NO2/c1-4-7-9-11-26-12-15-28(16-13-26)29-17-19-30(20-18-29)33(35)36-32-21-14-27(23-31(32)24-34)22-25(6-3)10-8-5-2/h12-21,23,25H,4-11,22H2,1-3H3. The molecule has 0 aliphatic rings. The van der Waals surface area contributed by atoms with Crippen molar-refractivity contribution in [3.63, 3.8) is 0 Å². The van der Waals surface area contributed by atoms with Gasteiger partial charge in [-0.25, -0.2) is 4.79 Å². The zero-order chi connectivity index (χ0) is 25.8. The smallest absolute Gasteiger partial charge is 0.343 e. The lowest BCUT2D eigenvalue weighted by atomic mass is 9.91. The summed E-state index contributed by atoms with van der Waals surface area (Å²) >= 11 is 0. The third kappa shape index (κ3) is 7.82. The molecular formula is C33H39NO2. The SMILES string of the molecule is CCCCCc1ccc(-c2ccc(C(=O)Oc3ccc(CC(CC)CCCC)cc3C#N)cc2)cc1. The number of esters is 1. The van der Waals surface area contributed by atoms with E-state index in [9.17, 15) is 10.1 Å². The summed E-state index contributed by atoms with van der Waals surface area (Å²) in [4.78, 5) is 12.8. The molecule has 3 aromatic rings. The monoisotopic (exact) mass is 481 g/mol. The number of hydrogen-bond acceptors (Lipinski definition) is 3. The summed E-state index contributed by atoms with van der Waals surface area (Å²) in [5.74, 6) is 0.475. The van der Waals surface area contributed by atoms with Gasteiger partial charge in [-0.15, -0.1) is 0 Å². The van der Waals surface area contributed by atoms with Gasteiger partial charge in [0.25, 0.3) is 0 Å². The van der Waals surface area contributed by atoms with Crippen molar-refractivity contribution in [1.82, 2.24) is 0 Å². The van der Waals surface area contributed by atoms with Crippen LogP contribution in [0.1, 0.15) is 92.8 Å². The van der Waals surface area contributed by atoms with Crippen molar-refractivity contribution < 1.29 is 9.53 Å². The molecular weight excluding hydrogens is 442 g/mol. The fraction of sp³-hybridized carbons (Fsp3) is 0.394. The average Bonchev–Trinajstić information content (AvgIpc) is 2.92. The second kappa shape index (κ2) is 14.2. The van der Waals surface area contributed by atoms with Crippen LogP contribution in [-0.4, -0.2) is 5.97 Å². The van der Waals surface area contributed by atoms with Crippen LogP contribution in [0.25, 0.3) is 11.1 Å². The van der Waals surface area contributed by atoms with E-state index < -0.39 is 5.97 Å². The normalized spacial score (nSPS) is 11.6. The molecule has 0 aliphatic carbocycles. The van der Waals surface area contributed by atoms with Gasteiger partial charge in [-0.2, -0.15) is 5.26 Å². The van der Waals surface area contributed by atoms with Crippen molar-refractivity contribution in [3.05, 3.63) is 89.0 Å². The van der Waals surface area contributed by atoms with Crippen molar-refractivity contribution in [2.75, 3.05) is 0 Å². The highest BCUT2D eigenvalue weighted by molar-refractivity contribution is 5.92. The summed E-state index contributed by atoms with van der Waals surface area (Å²) in [7, 11) is 0. The van der Waals surface area contributed by atoms with E-state index in [0.717, 1.165) is 36.0 Å². The summed E-state index contributed by atoms with van der Waals surface area (Å²) in [6.07, 6.45) is 10.5. The molecule has 0 aliphatic heterocycles. The van der Waals surface area contributed by atoms with Gasteiger partial charge in [0.15, 0.2) is 0 Å². The quantitative estimate of drug-likeness (QED) is 0.139. The van der Waals surface area contributed by atoms with Crippen molar-refractivity contribution >= 4 is 5.97 Å². The van der Waals surface area contributed by atoms with Crippen molar-refractivity contribution in [3.8, 4) is 22.9 Å². The van der Waals surface area contributed by atoms with Crippen LogP contribution in [0, 0.1) is 17.2 Å². The van der Waals surface area contributed by atoms with E-state index in [1.54, 1.807) is 18.2 Å². The summed E-state index contributed by atoms with van der Waals surface area (Å²) in [5.41, 5.74) is 5.53.